The maximum absolute atomic E-state index is 12.9. The summed E-state index contributed by atoms with van der Waals surface area (Å²) in [6, 6.07) is 0. The molecule has 0 aromatic heterocycles. The van der Waals surface area contributed by atoms with Crippen LogP contribution in [0.3, 0.4) is 0 Å². The first-order chi connectivity index (χ1) is 19.4. The summed E-state index contributed by atoms with van der Waals surface area (Å²) in [7, 11) is 0. The van der Waals surface area contributed by atoms with Crippen molar-refractivity contribution in [1.29, 1.82) is 0 Å². The highest BCUT2D eigenvalue weighted by molar-refractivity contribution is 5.76. The Kier molecular flexibility index (Phi) is 7.20. The molecule has 12 atom stereocenters. The molecule has 1 heterocycles. The standard InChI is InChI=1S/C35H56O7/c1-30(2)14-16-35(29(39)40)17-15-33(6)20(21(35)18-30)8-9-24-32(5)12-11-25(31(3,4)23(32)10-13-34(24,33)7)42-28-27(38)26(37)22(36)19-41-28/h8,21-28,36-38H,9-19H2,1-7H3,(H,39,40)/t21?,22-,23?,24?,25-,26-,27+,28+,32-,33+,34+,35-/m0/s1. The van der Waals surface area contributed by atoms with Gasteiger partial charge in [-0.25, -0.2) is 0 Å². The van der Waals surface area contributed by atoms with Gasteiger partial charge in [0.15, 0.2) is 6.29 Å². The van der Waals surface area contributed by atoms with Crippen LogP contribution in [0.15, 0.2) is 11.6 Å². The molecular formula is C35H56O7. The van der Waals surface area contributed by atoms with Crippen molar-refractivity contribution in [2.24, 2.45) is 50.2 Å². The first-order valence-electron chi connectivity index (χ1n) is 16.7. The zero-order valence-electron chi connectivity index (χ0n) is 27.0. The van der Waals surface area contributed by atoms with Crippen molar-refractivity contribution in [3.05, 3.63) is 11.6 Å². The van der Waals surface area contributed by atoms with Crippen LogP contribution in [0.2, 0.25) is 0 Å². The van der Waals surface area contributed by atoms with Crippen LogP contribution in [0.5, 0.6) is 0 Å². The number of rotatable bonds is 3. The average molecular weight is 589 g/mol. The zero-order chi connectivity index (χ0) is 30.7. The molecule has 0 spiro atoms. The second kappa shape index (κ2) is 9.75. The maximum Gasteiger partial charge on any atom is 0.310 e. The van der Waals surface area contributed by atoms with Crippen molar-refractivity contribution in [3.8, 4) is 0 Å². The van der Waals surface area contributed by atoms with Crippen LogP contribution in [0.4, 0.5) is 0 Å². The Balaban J connectivity index is 1.30. The van der Waals surface area contributed by atoms with Crippen molar-refractivity contribution in [2.45, 2.75) is 143 Å². The topological polar surface area (TPSA) is 116 Å². The van der Waals surface area contributed by atoms with Crippen LogP contribution in [-0.2, 0) is 14.3 Å². The highest BCUT2D eigenvalue weighted by atomic mass is 16.7. The molecule has 0 amide bonds. The van der Waals surface area contributed by atoms with E-state index in [9.17, 15) is 25.2 Å². The largest absolute Gasteiger partial charge is 0.481 e. The summed E-state index contributed by atoms with van der Waals surface area (Å²) in [4.78, 5) is 12.9. The molecule has 1 saturated heterocycles. The predicted octanol–water partition coefficient (Wildman–Crippen LogP) is 5.70. The van der Waals surface area contributed by atoms with Gasteiger partial charge < -0.3 is 29.9 Å². The van der Waals surface area contributed by atoms with Gasteiger partial charge in [0.1, 0.15) is 18.3 Å². The summed E-state index contributed by atoms with van der Waals surface area (Å²) < 4.78 is 12.1. The van der Waals surface area contributed by atoms with E-state index in [0.29, 0.717) is 11.8 Å². The normalized spacial score (nSPS) is 53.0. The number of aliphatic hydroxyl groups is 3. The van der Waals surface area contributed by atoms with Crippen LogP contribution in [-0.4, -0.2) is 63.7 Å². The Labute approximate surface area is 252 Å². The van der Waals surface area contributed by atoms with Crippen LogP contribution in [0, 0.1) is 50.2 Å². The van der Waals surface area contributed by atoms with Crippen molar-refractivity contribution < 1.29 is 34.7 Å². The number of hydrogen-bond acceptors (Lipinski definition) is 6. The van der Waals surface area contributed by atoms with Gasteiger partial charge in [-0.15, -0.1) is 0 Å². The number of carboxylic acids is 1. The van der Waals surface area contributed by atoms with Crippen molar-refractivity contribution in [3.63, 3.8) is 0 Å². The quantitative estimate of drug-likeness (QED) is 0.247. The van der Waals surface area contributed by atoms with E-state index in [1.165, 1.54) is 5.57 Å². The Morgan fingerprint density at radius 2 is 1.57 bits per heavy atom. The van der Waals surface area contributed by atoms with Gasteiger partial charge in [0.25, 0.3) is 0 Å². The summed E-state index contributed by atoms with van der Waals surface area (Å²) >= 11 is 0. The van der Waals surface area contributed by atoms with E-state index in [1.807, 2.05) is 0 Å². The minimum absolute atomic E-state index is 0.00452. The van der Waals surface area contributed by atoms with Gasteiger partial charge in [-0.2, -0.15) is 0 Å². The number of hydrogen-bond donors (Lipinski definition) is 4. The van der Waals surface area contributed by atoms with Gasteiger partial charge in [0.2, 0.25) is 0 Å². The molecular weight excluding hydrogens is 532 g/mol. The van der Waals surface area contributed by atoms with E-state index < -0.39 is 36.0 Å². The van der Waals surface area contributed by atoms with Gasteiger partial charge in [0.05, 0.1) is 18.1 Å². The first kappa shape index (κ1) is 31.0. The first-order valence-corrected chi connectivity index (χ1v) is 16.7. The number of aliphatic hydroxyl groups excluding tert-OH is 3. The fraction of sp³-hybridized carbons (Fsp3) is 0.914. The van der Waals surface area contributed by atoms with Gasteiger partial charge in [-0.3, -0.25) is 4.79 Å². The molecule has 0 radical (unpaired) electrons. The third-order valence-electron chi connectivity index (χ3n) is 14.8. The zero-order valence-corrected chi connectivity index (χ0v) is 27.0. The lowest BCUT2D eigenvalue weighted by Crippen LogP contribution is -2.65. The molecule has 6 aliphatic rings. The third kappa shape index (κ3) is 4.12. The fourth-order valence-electron chi connectivity index (χ4n) is 11.9. The van der Waals surface area contributed by atoms with E-state index in [-0.39, 0.29) is 45.7 Å². The number of allylic oxidation sites excluding steroid dienone is 2. The van der Waals surface area contributed by atoms with Crippen LogP contribution >= 0.6 is 0 Å². The lowest BCUT2D eigenvalue weighted by molar-refractivity contribution is -0.308. The molecule has 0 aromatic carbocycles. The lowest BCUT2D eigenvalue weighted by Gasteiger charge is -2.71. The van der Waals surface area contributed by atoms with E-state index in [0.717, 1.165) is 64.2 Å². The lowest BCUT2D eigenvalue weighted by atomic mass is 9.33. The van der Waals surface area contributed by atoms with Gasteiger partial charge in [0, 0.05) is 0 Å². The summed E-state index contributed by atoms with van der Waals surface area (Å²) in [6.45, 7) is 16.8. The summed E-state index contributed by atoms with van der Waals surface area (Å²) in [5.41, 5.74) is 1.05. The Morgan fingerprint density at radius 3 is 2.26 bits per heavy atom. The number of aliphatic carboxylic acids is 1. The van der Waals surface area contributed by atoms with Gasteiger partial charge in [-0.1, -0.05) is 60.1 Å². The number of carboxylic acid groups (broad SMARTS) is 1. The Bertz CT molecular complexity index is 1130. The smallest absolute Gasteiger partial charge is 0.310 e. The van der Waals surface area contributed by atoms with Crippen LogP contribution < -0.4 is 0 Å². The summed E-state index contributed by atoms with van der Waals surface area (Å²) in [5, 5.41) is 41.3. The van der Waals surface area contributed by atoms with Gasteiger partial charge in [-0.05, 0) is 109 Å². The molecule has 42 heavy (non-hydrogen) atoms. The highest BCUT2D eigenvalue weighted by Gasteiger charge is 2.69. The number of carbonyl (C=O) groups is 1. The highest BCUT2D eigenvalue weighted by Crippen LogP contribution is 2.75. The van der Waals surface area contributed by atoms with Crippen LogP contribution in [0.25, 0.3) is 0 Å². The Hall–Kier alpha value is -0.990. The minimum atomic E-state index is -1.27. The SMILES string of the molecule is CC1(C)CC[C@]2(C(=O)O)CC[C@]3(C)C(=CCC4[C@@]5(C)CC[C@H](O[C@H]6OC[C@H](O)[C@H](O)[C@H]6O)C(C)(C)C5CC[C@]43C)C2C1. The predicted molar refractivity (Wildman–Crippen MR) is 159 cm³/mol. The molecule has 5 aliphatic carbocycles. The molecule has 6 rings (SSSR count). The van der Waals surface area contributed by atoms with Crippen molar-refractivity contribution in [1.82, 2.24) is 0 Å². The van der Waals surface area contributed by atoms with Crippen molar-refractivity contribution in [2.75, 3.05) is 6.61 Å². The molecule has 3 unspecified atom stereocenters. The molecule has 5 fully saturated rings. The maximum atomic E-state index is 12.9. The molecule has 0 bridgehead atoms. The molecule has 0 aromatic rings. The van der Waals surface area contributed by atoms with E-state index in [4.69, 9.17) is 9.47 Å². The fourth-order valence-corrected chi connectivity index (χ4v) is 11.9. The third-order valence-corrected chi connectivity index (χ3v) is 14.8. The van der Waals surface area contributed by atoms with E-state index >= 15 is 0 Å². The molecule has 7 nitrogen and oxygen atoms in total. The minimum Gasteiger partial charge on any atom is -0.481 e. The van der Waals surface area contributed by atoms with Crippen molar-refractivity contribution >= 4 is 5.97 Å². The number of fused-ring (bicyclic) bond motifs is 7. The molecule has 4 N–H and O–H groups in total. The average Bonchev–Trinajstić information content (AvgIpc) is 2.90. The molecule has 4 saturated carbocycles. The summed E-state index contributed by atoms with van der Waals surface area (Å²) in [6.07, 6.45) is 7.38. The van der Waals surface area contributed by atoms with Gasteiger partial charge >= 0.3 is 5.97 Å². The second-order valence-corrected chi connectivity index (χ2v) is 17.4. The van der Waals surface area contributed by atoms with E-state index in [1.54, 1.807) is 0 Å². The second-order valence-electron chi connectivity index (χ2n) is 17.4. The Morgan fingerprint density at radius 1 is 0.881 bits per heavy atom. The molecule has 238 valence electrons. The summed E-state index contributed by atoms with van der Waals surface area (Å²) in [5.74, 6) is 0.465. The monoisotopic (exact) mass is 588 g/mol. The van der Waals surface area contributed by atoms with E-state index in [2.05, 4.69) is 54.5 Å². The van der Waals surface area contributed by atoms with Crippen LogP contribution in [0.1, 0.15) is 113 Å². The molecule has 1 aliphatic heterocycles. The molecule has 7 heteroatoms. The number of ether oxygens (including phenoxy) is 2.